The molecule has 1 atom stereocenters. The number of nitrogens with zero attached hydrogens (tertiary/aromatic N) is 1. The molecule has 1 aromatic heterocycles. The molecule has 0 aliphatic rings. The molecular weight excluding hydrogens is 450 g/mol. The Labute approximate surface area is 209 Å². The van der Waals surface area contributed by atoms with Crippen molar-refractivity contribution in [2.24, 2.45) is 7.05 Å². The Kier molecular flexibility index (Phi) is 6.17. The lowest BCUT2D eigenvalue weighted by Crippen LogP contribution is -2.29. The lowest BCUT2D eigenvalue weighted by molar-refractivity contribution is 0.0600. The minimum Gasteiger partial charge on any atom is -0.465 e. The van der Waals surface area contributed by atoms with Gasteiger partial charge in [-0.25, -0.2) is 4.79 Å². The summed E-state index contributed by atoms with van der Waals surface area (Å²) in [6.07, 6.45) is 0. The van der Waals surface area contributed by atoms with Gasteiger partial charge < -0.3 is 19.9 Å². The van der Waals surface area contributed by atoms with E-state index in [-0.39, 0.29) is 11.9 Å². The molecule has 0 aliphatic heterocycles. The highest BCUT2D eigenvalue weighted by Gasteiger charge is 2.23. The van der Waals surface area contributed by atoms with E-state index < -0.39 is 5.97 Å². The summed E-state index contributed by atoms with van der Waals surface area (Å²) in [5, 5.41) is 9.86. The number of rotatable bonds is 6. The molecule has 0 radical (unpaired) electrons. The van der Waals surface area contributed by atoms with Crippen LogP contribution in [0.15, 0.2) is 91.0 Å². The van der Waals surface area contributed by atoms with Crippen molar-refractivity contribution in [1.29, 1.82) is 0 Å². The number of aryl methyl sites for hydroxylation is 1. The van der Waals surface area contributed by atoms with Gasteiger partial charge in [0.15, 0.2) is 0 Å². The van der Waals surface area contributed by atoms with E-state index in [4.69, 9.17) is 4.74 Å². The molecule has 0 saturated carbocycles. The summed E-state index contributed by atoms with van der Waals surface area (Å²) >= 11 is 0. The van der Waals surface area contributed by atoms with Crippen LogP contribution in [0.2, 0.25) is 0 Å². The second kappa shape index (κ2) is 9.58. The Morgan fingerprint density at radius 1 is 0.833 bits per heavy atom. The van der Waals surface area contributed by atoms with Crippen LogP contribution >= 0.6 is 0 Å². The average Bonchev–Trinajstić information content (AvgIpc) is 3.19. The SMILES string of the molecule is COC(=O)c1ccc([C@H](C)NC(=O)c2c(Nc3cccc4ccccc34)c3ccccc3n2C)cc1. The third kappa shape index (κ3) is 4.18. The number of para-hydroxylation sites is 1. The van der Waals surface area contributed by atoms with E-state index >= 15 is 0 Å². The fourth-order valence-corrected chi connectivity index (χ4v) is 4.63. The fraction of sp³-hybridized carbons (Fsp3) is 0.133. The van der Waals surface area contributed by atoms with E-state index in [1.807, 2.05) is 79.2 Å². The van der Waals surface area contributed by atoms with Crippen molar-refractivity contribution in [3.8, 4) is 0 Å². The van der Waals surface area contributed by atoms with Gasteiger partial charge in [0.25, 0.3) is 5.91 Å². The Balaban J connectivity index is 1.51. The van der Waals surface area contributed by atoms with Gasteiger partial charge in [-0.05, 0) is 42.1 Å². The molecule has 1 heterocycles. The highest BCUT2D eigenvalue weighted by atomic mass is 16.5. The first-order chi connectivity index (χ1) is 17.5. The maximum absolute atomic E-state index is 13.7. The second-order valence-corrected chi connectivity index (χ2v) is 8.76. The van der Waals surface area contributed by atoms with Crippen LogP contribution in [0.5, 0.6) is 0 Å². The van der Waals surface area contributed by atoms with E-state index in [9.17, 15) is 9.59 Å². The van der Waals surface area contributed by atoms with Gasteiger partial charge in [-0.2, -0.15) is 0 Å². The first-order valence-corrected chi connectivity index (χ1v) is 11.8. The molecule has 36 heavy (non-hydrogen) atoms. The number of aromatic nitrogens is 1. The normalized spacial score (nSPS) is 11.9. The smallest absolute Gasteiger partial charge is 0.337 e. The van der Waals surface area contributed by atoms with E-state index in [0.29, 0.717) is 11.3 Å². The number of nitrogens with one attached hydrogen (secondary N) is 2. The number of methoxy groups -OCH3 is 1. The van der Waals surface area contributed by atoms with Crippen molar-refractivity contribution >= 4 is 44.9 Å². The molecule has 5 rings (SSSR count). The summed E-state index contributed by atoms with van der Waals surface area (Å²) in [5.74, 6) is -0.584. The summed E-state index contributed by atoms with van der Waals surface area (Å²) in [4.78, 5) is 25.4. The summed E-state index contributed by atoms with van der Waals surface area (Å²) in [5.41, 5.74) is 4.55. The maximum Gasteiger partial charge on any atom is 0.337 e. The van der Waals surface area contributed by atoms with Crippen molar-refractivity contribution in [2.75, 3.05) is 12.4 Å². The molecule has 0 fully saturated rings. The van der Waals surface area contributed by atoms with Crippen LogP contribution in [0.3, 0.4) is 0 Å². The summed E-state index contributed by atoms with van der Waals surface area (Å²) in [6, 6.07) is 29.0. The van der Waals surface area contributed by atoms with Crippen LogP contribution in [0.4, 0.5) is 11.4 Å². The summed E-state index contributed by atoms with van der Waals surface area (Å²) < 4.78 is 6.69. The number of ether oxygens (including phenoxy) is 1. The number of fused-ring (bicyclic) bond motifs is 2. The second-order valence-electron chi connectivity index (χ2n) is 8.76. The molecule has 2 N–H and O–H groups in total. The average molecular weight is 478 g/mol. The van der Waals surface area contributed by atoms with Crippen molar-refractivity contribution < 1.29 is 14.3 Å². The van der Waals surface area contributed by atoms with Gasteiger partial charge in [0.2, 0.25) is 0 Å². The molecule has 5 aromatic rings. The predicted octanol–water partition coefficient (Wildman–Crippen LogP) is 6.35. The monoisotopic (exact) mass is 477 g/mol. The molecule has 180 valence electrons. The van der Waals surface area contributed by atoms with Crippen LogP contribution in [0.25, 0.3) is 21.7 Å². The quantitative estimate of drug-likeness (QED) is 0.280. The standard InChI is InChI=1S/C30H27N3O3/c1-19(20-15-17-22(18-16-20)30(35)36-3)31-29(34)28-27(24-12-6-7-14-26(24)33(28)2)32-25-13-8-10-21-9-4-5-11-23(21)25/h4-19,32H,1-3H3,(H,31,34)/t19-/m0/s1. The van der Waals surface area contributed by atoms with Crippen LogP contribution in [-0.4, -0.2) is 23.6 Å². The van der Waals surface area contributed by atoms with Gasteiger partial charge in [0.1, 0.15) is 5.69 Å². The highest BCUT2D eigenvalue weighted by Crippen LogP contribution is 2.35. The number of esters is 1. The molecule has 4 aromatic carbocycles. The molecule has 0 unspecified atom stereocenters. The van der Waals surface area contributed by atoms with Gasteiger partial charge in [0.05, 0.1) is 29.9 Å². The third-order valence-corrected chi connectivity index (χ3v) is 6.55. The molecule has 6 heteroatoms. The number of carbonyl (C=O) groups is 2. The molecule has 0 saturated heterocycles. The van der Waals surface area contributed by atoms with E-state index in [0.717, 1.165) is 38.6 Å². The van der Waals surface area contributed by atoms with Gasteiger partial charge >= 0.3 is 5.97 Å². The maximum atomic E-state index is 13.7. The molecule has 0 spiro atoms. The largest absolute Gasteiger partial charge is 0.465 e. The number of hydrogen-bond donors (Lipinski definition) is 2. The Hall–Kier alpha value is -4.58. The fourth-order valence-electron chi connectivity index (χ4n) is 4.63. The van der Waals surface area contributed by atoms with Gasteiger partial charge in [-0.3, -0.25) is 4.79 Å². The number of carbonyl (C=O) groups excluding carboxylic acids is 2. The highest BCUT2D eigenvalue weighted by molar-refractivity contribution is 6.11. The van der Waals surface area contributed by atoms with Crippen LogP contribution in [-0.2, 0) is 11.8 Å². The zero-order chi connectivity index (χ0) is 25.2. The summed E-state index contributed by atoms with van der Waals surface area (Å²) in [6.45, 7) is 1.92. The Bertz CT molecular complexity index is 1580. The Morgan fingerprint density at radius 2 is 1.50 bits per heavy atom. The molecular formula is C30H27N3O3. The predicted molar refractivity (Wildman–Crippen MR) is 144 cm³/mol. The zero-order valence-electron chi connectivity index (χ0n) is 20.4. The number of benzene rings is 4. The van der Waals surface area contributed by atoms with Crippen molar-refractivity contribution in [2.45, 2.75) is 13.0 Å². The van der Waals surface area contributed by atoms with Crippen molar-refractivity contribution in [3.63, 3.8) is 0 Å². The number of hydrogen-bond acceptors (Lipinski definition) is 4. The summed E-state index contributed by atoms with van der Waals surface area (Å²) in [7, 11) is 3.26. The molecule has 0 bridgehead atoms. The minimum atomic E-state index is -0.391. The minimum absolute atomic E-state index is 0.194. The molecule has 0 aliphatic carbocycles. The van der Waals surface area contributed by atoms with Gasteiger partial charge in [-0.15, -0.1) is 0 Å². The van der Waals surface area contributed by atoms with Crippen molar-refractivity contribution in [1.82, 2.24) is 9.88 Å². The lowest BCUT2D eigenvalue weighted by atomic mass is 10.1. The van der Waals surface area contributed by atoms with Crippen LogP contribution in [0.1, 0.15) is 39.4 Å². The lowest BCUT2D eigenvalue weighted by Gasteiger charge is -2.17. The van der Waals surface area contributed by atoms with Crippen LogP contribution in [0, 0.1) is 0 Å². The topological polar surface area (TPSA) is 72.4 Å². The Morgan fingerprint density at radius 3 is 2.25 bits per heavy atom. The zero-order valence-corrected chi connectivity index (χ0v) is 20.4. The number of anilines is 2. The van der Waals surface area contributed by atoms with Crippen LogP contribution < -0.4 is 10.6 Å². The van der Waals surface area contributed by atoms with Gasteiger partial charge in [0, 0.05) is 23.5 Å². The van der Waals surface area contributed by atoms with Gasteiger partial charge in [-0.1, -0.05) is 66.7 Å². The third-order valence-electron chi connectivity index (χ3n) is 6.55. The van der Waals surface area contributed by atoms with E-state index in [1.165, 1.54) is 7.11 Å². The molecule has 6 nitrogen and oxygen atoms in total. The first-order valence-electron chi connectivity index (χ1n) is 11.8. The number of amides is 1. The van der Waals surface area contributed by atoms with E-state index in [1.54, 1.807) is 12.1 Å². The molecule has 1 amide bonds. The first kappa shape index (κ1) is 23.2. The van der Waals surface area contributed by atoms with E-state index in [2.05, 4.69) is 28.8 Å². The van der Waals surface area contributed by atoms with Crippen molar-refractivity contribution in [3.05, 3.63) is 108 Å².